The van der Waals surface area contributed by atoms with Gasteiger partial charge in [-0.15, -0.1) is 0 Å². The highest BCUT2D eigenvalue weighted by Crippen LogP contribution is 2.43. The number of fused-ring (bicyclic) bond motifs is 1. The SMILES string of the molecule is CCC(N)c1ccc2c(OC(C)(C)C)c(C(N)CC)ccc2c1OC(C)(C)C. The van der Waals surface area contributed by atoms with Crippen LogP contribution in [-0.4, -0.2) is 11.2 Å². The van der Waals surface area contributed by atoms with Gasteiger partial charge in [0.1, 0.15) is 22.7 Å². The molecule has 0 spiro atoms. The van der Waals surface area contributed by atoms with Crippen LogP contribution in [0.4, 0.5) is 0 Å². The molecule has 2 aromatic carbocycles. The molecular weight excluding hydrogens is 348 g/mol. The van der Waals surface area contributed by atoms with E-state index in [0.717, 1.165) is 46.2 Å². The minimum Gasteiger partial charge on any atom is -0.487 e. The molecule has 2 rings (SSSR count). The first kappa shape index (κ1) is 22.5. The molecular formula is C24H38N2O2. The second kappa shape index (κ2) is 8.30. The summed E-state index contributed by atoms with van der Waals surface area (Å²) in [6.45, 7) is 16.5. The summed E-state index contributed by atoms with van der Waals surface area (Å²) >= 11 is 0. The lowest BCUT2D eigenvalue weighted by atomic mass is 9.94. The van der Waals surface area contributed by atoms with Gasteiger partial charge in [0.2, 0.25) is 0 Å². The summed E-state index contributed by atoms with van der Waals surface area (Å²) in [5.74, 6) is 1.68. The number of nitrogens with two attached hydrogens (primary N) is 2. The summed E-state index contributed by atoms with van der Waals surface area (Å²) in [6.07, 6.45) is 1.69. The molecule has 0 aliphatic carbocycles. The molecule has 156 valence electrons. The molecule has 0 saturated carbocycles. The van der Waals surface area contributed by atoms with Gasteiger partial charge in [0, 0.05) is 34.0 Å². The van der Waals surface area contributed by atoms with E-state index in [1.807, 2.05) is 0 Å². The van der Waals surface area contributed by atoms with E-state index < -0.39 is 0 Å². The van der Waals surface area contributed by atoms with Gasteiger partial charge in [-0.05, 0) is 54.4 Å². The van der Waals surface area contributed by atoms with Crippen molar-refractivity contribution in [3.63, 3.8) is 0 Å². The molecule has 0 aliphatic rings. The highest BCUT2D eigenvalue weighted by Gasteiger charge is 2.25. The molecule has 0 bridgehead atoms. The van der Waals surface area contributed by atoms with Crippen LogP contribution in [0, 0.1) is 0 Å². The average Bonchev–Trinajstić information content (AvgIpc) is 2.58. The van der Waals surface area contributed by atoms with E-state index in [1.54, 1.807) is 0 Å². The van der Waals surface area contributed by atoms with E-state index in [0.29, 0.717) is 0 Å². The molecule has 4 nitrogen and oxygen atoms in total. The second-order valence-electron chi connectivity index (χ2n) is 9.52. The first-order valence-electron chi connectivity index (χ1n) is 10.4. The van der Waals surface area contributed by atoms with E-state index >= 15 is 0 Å². The van der Waals surface area contributed by atoms with Gasteiger partial charge >= 0.3 is 0 Å². The maximum atomic E-state index is 6.41. The number of hydrogen-bond donors (Lipinski definition) is 2. The Morgan fingerprint density at radius 1 is 0.679 bits per heavy atom. The minimum absolute atomic E-state index is 0.0775. The molecule has 0 aromatic heterocycles. The molecule has 0 fully saturated rings. The second-order valence-corrected chi connectivity index (χ2v) is 9.52. The average molecular weight is 387 g/mol. The molecule has 4 N–H and O–H groups in total. The molecule has 0 amide bonds. The molecule has 4 heteroatoms. The molecule has 0 heterocycles. The summed E-state index contributed by atoms with van der Waals surface area (Å²) in [5, 5.41) is 2.03. The minimum atomic E-state index is -0.333. The van der Waals surface area contributed by atoms with Crippen LogP contribution in [-0.2, 0) is 0 Å². The summed E-state index contributed by atoms with van der Waals surface area (Å²) in [7, 11) is 0. The smallest absolute Gasteiger partial charge is 0.132 e. The van der Waals surface area contributed by atoms with Crippen LogP contribution in [0.1, 0.15) is 91.4 Å². The Hall–Kier alpha value is -1.78. The van der Waals surface area contributed by atoms with Crippen LogP contribution in [0.25, 0.3) is 10.8 Å². The Morgan fingerprint density at radius 3 is 1.25 bits per heavy atom. The molecule has 0 saturated heterocycles. The maximum absolute atomic E-state index is 6.41. The first-order chi connectivity index (χ1) is 12.9. The van der Waals surface area contributed by atoms with Crippen molar-refractivity contribution in [2.45, 2.75) is 91.5 Å². The van der Waals surface area contributed by atoms with E-state index in [2.05, 4.69) is 79.7 Å². The van der Waals surface area contributed by atoms with Crippen molar-refractivity contribution in [1.82, 2.24) is 0 Å². The zero-order valence-corrected chi connectivity index (χ0v) is 18.8. The van der Waals surface area contributed by atoms with Gasteiger partial charge in [-0.25, -0.2) is 0 Å². The fourth-order valence-electron chi connectivity index (χ4n) is 3.25. The summed E-state index contributed by atoms with van der Waals surface area (Å²) < 4.78 is 12.8. The van der Waals surface area contributed by atoms with Gasteiger partial charge in [-0.3, -0.25) is 0 Å². The van der Waals surface area contributed by atoms with Crippen LogP contribution < -0.4 is 20.9 Å². The Bertz CT molecular complexity index is 747. The predicted molar refractivity (Wildman–Crippen MR) is 119 cm³/mol. The third-order valence-electron chi connectivity index (χ3n) is 4.66. The van der Waals surface area contributed by atoms with Crippen LogP contribution in [0.15, 0.2) is 24.3 Å². The Labute approximate surface area is 170 Å². The van der Waals surface area contributed by atoms with Gasteiger partial charge in [0.25, 0.3) is 0 Å². The Balaban J connectivity index is 2.84. The number of hydrogen-bond acceptors (Lipinski definition) is 4. The van der Waals surface area contributed by atoms with Crippen LogP contribution in [0.2, 0.25) is 0 Å². The first-order valence-corrected chi connectivity index (χ1v) is 10.4. The molecule has 0 radical (unpaired) electrons. The van der Waals surface area contributed by atoms with Crippen LogP contribution in [0.3, 0.4) is 0 Å². The standard InChI is InChI=1S/C24H38N2O2/c1-9-19(25)17-13-11-16-15(21(17)27-23(3,4)5)12-14-18(20(26)10-2)22(16)28-24(6,7)8/h11-14,19-20H,9-10,25-26H2,1-8H3. The predicted octanol–water partition coefficient (Wildman–Crippen LogP) is 6.01. The van der Waals surface area contributed by atoms with Gasteiger partial charge in [-0.2, -0.15) is 0 Å². The van der Waals surface area contributed by atoms with Crippen molar-refractivity contribution in [3.8, 4) is 11.5 Å². The van der Waals surface area contributed by atoms with Crippen molar-refractivity contribution in [2.24, 2.45) is 11.5 Å². The van der Waals surface area contributed by atoms with Gasteiger partial charge < -0.3 is 20.9 Å². The maximum Gasteiger partial charge on any atom is 0.132 e. The molecule has 2 atom stereocenters. The van der Waals surface area contributed by atoms with E-state index in [1.165, 1.54) is 0 Å². The summed E-state index contributed by atoms with van der Waals surface area (Å²) in [4.78, 5) is 0. The fraction of sp³-hybridized carbons (Fsp3) is 0.583. The summed E-state index contributed by atoms with van der Waals surface area (Å²) in [5.41, 5.74) is 14.2. The van der Waals surface area contributed by atoms with Gasteiger partial charge in [0.05, 0.1) is 0 Å². The van der Waals surface area contributed by atoms with Crippen molar-refractivity contribution in [3.05, 3.63) is 35.4 Å². The largest absolute Gasteiger partial charge is 0.487 e. The lowest BCUT2D eigenvalue weighted by Gasteiger charge is -2.29. The van der Waals surface area contributed by atoms with E-state index in [-0.39, 0.29) is 23.3 Å². The van der Waals surface area contributed by atoms with Crippen molar-refractivity contribution >= 4 is 10.8 Å². The highest BCUT2D eigenvalue weighted by molar-refractivity contribution is 5.95. The number of ether oxygens (including phenoxy) is 2. The van der Waals surface area contributed by atoms with E-state index in [4.69, 9.17) is 20.9 Å². The van der Waals surface area contributed by atoms with Crippen molar-refractivity contribution < 1.29 is 9.47 Å². The lowest BCUT2D eigenvalue weighted by molar-refractivity contribution is 0.128. The molecule has 28 heavy (non-hydrogen) atoms. The molecule has 0 aliphatic heterocycles. The van der Waals surface area contributed by atoms with E-state index in [9.17, 15) is 0 Å². The third kappa shape index (κ3) is 5.18. The Kier molecular flexibility index (Phi) is 6.67. The topological polar surface area (TPSA) is 70.5 Å². The van der Waals surface area contributed by atoms with Gasteiger partial charge in [0.15, 0.2) is 0 Å². The van der Waals surface area contributed by atoms with Crippen molar-refractivity contribution in [2.75, 3.05) is 0 Å². The van der Waals surface area contributed by atoms with Gasteiger partial charge in [-0.1, -0.05) is 38.1 Å². The zero-order valence-electron chi connectivity index (χ0n) is 18.8. The highest BCUT2D eigenvalue weighted by atomic mass is 16.5. The zero-order chi connectivity index (χ0) is 21.3. The quantitative estimate of drug-likeness (QED) is 0.637. The third-order valence-corrected chi connectivity index (χ3v) is 4.66. The molecule has 2 unspecified atom stereocenters. The van der Waals surface area contributed by atoms with Crippen LogP contribution >= 0.6 is 0 Å². The number of rotatable bonds is 6. The fourth-order valence-corrected chi connectivity index (χ4v) is 3.25. The van der Waals surface area contributed by atoms with Crippen LogP contribution in [0.5, 0.6) is 11.5 Å². The molecule has 2 aromatic rings. The normalized spacial score (nSPS) is 14.8. The summed E-state index contributed by atoms with van der Waals surface area (Å²) in [6, 6.07) is 8.20. The monoisotopic (exact) mass is 386 g/mol. The lowest BCUT2D eigenvalue weighted by Crippen LogP contribution is -2.26. The number of benzene rings is 2. The van der Waals surface area contributed by atoms with Crippen molar-refractivity contribution in [1.29, 1.82) is 0 Å². The Morgan fingerprint density at radius 2 is 1.00 bits per heavy atom.